The summed E-state index contributed by atoms with van der Waals surface area (Å²) >= 11 is 12.0. The highest BCUT2D eigenvalue weighted by molar-refractivity contribution is 6.42. The number of halogens is 2. The van der Waals surface area contributed by atoms with E-state index in [2.05, 4.69) is 4.98 Å². The lowest BCUT2D eigenvalue weighted by Crippen LogP contribution is -2.13. The van der Waals surface area contributed by atoms with Gasteiger partial charge in [0.15, 0.2) is 0 Å². The van der Waals surface area contributed by atoms with E-state index < -0.39 is 0 Å². The minimum atomic E-state index is -0.116. The summed E-state index contributed by atoms with van der Waals surface area (Å²) in [6.07, 6.45) is 2.49. The summed E-state index contributed by atoms with van der Waals surface area (Å²) in [5, 5.41) is 2.21. The fraction of sp³-hybridized carbons (Fsp3) is 0.118. The molecule has 1 aromatic heterocycles. The first-order valence-electron chi connectivity index (χ1n) is 6.68. The number of fused-ring (bicyclic) bond motifs is 1. The van der Waals surface area contributed by atoms with Crippen molar-refractivity contribution in [3.63, 3.8) is 0 Å². The second-order valence-electron chi connectivity index (χ2n) is 4.98. The molecule has 21 heavy (non-hydrogen) atoms. The Hall–Kier alpha value is -1.61. The van der Waals surface area contributed by atoms with Gasteiger partial charge in [0.05, 0.1) is 15.6 Å². The highest BCUT2D eigenvalue weighted by Crippen LogP contribution is 2.27. The van der Waals surface area contributed by atoms with Crippen molar-refractivity contribution >= 4 is 34.1 Å². The average molecular weight is 317 g/mol. The van der Waals surface area contributed by atoms with Crippen LogP contribution < -0.4 is 5.73 Å². The summed E-state index contributed by atoms with van der Waals surface area (Å²) in [6.45, 7) is 0. The zero-order valence-electron chi connectivity index (χ0n) is 11.3. The topological polar surface area (TPSA) is 38.9 Å². The fourth-order valence-corrected chi connectivity index (χ4v) is 2.80. The smallest absolute Gasteiger partial charge is 0.0705 e. The van der Waals surface area contributed by atoms with Crippen LogP contribution in [0.25, 0.3) is 10.9 Å². The lowest BCUT2D eigenvalue weighted by atomic mass is 9.96. The number of nitrogens with zero attached hydrogens (tertiary/aromatic N) is 1. The maximum absolute atomic E-state index is 6.38. The lowest BCUT2D eigenvalue weighted by Gasteiger charge is -2.15. The molecule has 0 aliphatic carbocycles. The fourth-order valence-electron chi connectivity index (χ4n) is 2.48. The SMILES string of the molecule is NC(Cc1ccc(Cl)c(Cl)c1)c1cccc2ncccc12. The molecule has 1 heterocycles. The monoisotopic (exact) mass is 316 g/mol. The second kappa shape index (κ2) is 6.02. The van der Waals surface area contributed by atoms with Crippen LogP contribution in [0, 0.1) is 0 Å². The number of pyridine rings is 1. The number of hydrogen-bond donors (Lipinski definition) is 1. The molecule has 1 unspecified atom stereocenters. The molecule has 4 heteroatoms. The zero-order valence-corrected chi connectivity index (χ0v) is 12.8. The van der Waals surface area contributed by atoms with Crippen LogP contribution in [0.2, 0.25) is 10.0 Å². The Labute approximate surface area is 133 Å². The zero-order chi connectivity index (χ0) is 14.8. The average Bonchev–Trinajstić information content (AvgIpc) is 2.50. The van der Waals surface area contributed by atoms with Crippen molar-refractivity contribution in [2.75, 3.05) is 0 Å². The summed E-state index contributed by atoms with van der Waals surface area (Å²) in [7, 11) is 0. The van der Waals surface area contributed by atoms with Gasteiger partial charge in [-0.3, -0.25) is 4.98 Å². The number of benzene rings is 2. The Balaban J connectivity index is 1.93. The largest absolute Gasteiger partial charge is 0.324 e. The summed E-state index contributed by atoms with van der Waals surface area (Å²) in [6, 6.07) is 15.5. The van der Waals surface area contributed by atoms with Crippen LogP contribution in [-0.4, -0.2) is 4.98 Å². The van der Waals surface area contributed by atoms with Crippen molar-refractivity contribution in [2.24, 2.45) is 5.73 Å². The molecule has 0 saturated carbocycles. The Kier molecular flexibility index (Phi) is 4.11. The van der Waals surface area contributed by atoms with E-state index in [1.165, 1.54) is 0 Å². The van der Waals surface area contributed by atoms with Gasteiger partial charge in [-0.1, -0.05) is 47.5 Å². The standard InChI is InChI=1S/C17H14Cl2N2/c18-14-7-6-11(9-15(14)19)10-16(20)12-3-1-5-17-13(12)4-2-8-21-17/h1-9,16H,10,20H2. The third-order valence-electron chi connectivity index (χ3n) is 3.52. The van der Waals surface area contributed by atoms with E-state index in [0.717, 1.165) is 22.0 Å². The first kappa shape index (κ1) is 14.3. The van der Waals surface area contributed by atoms with Gasteiger partial charge in [-0.15, -0.1) is 0 Å². The summed E-state index contributed by atoms with van der Waals surface area (Å²) in [4.78, 5) is 4.36. The van der Waals surface area contributed by atoms with Crippen LogP contribution in [0.3, 0.4) is 0 Å². The Morgan fingerprint density at radius 2 is 1.86 bits per heavy atom. The molecule has 1 atom stereocenters. The number of nitrogens with two attached hydrogens (primary N) is 1. The van der Waals surface area contributed by atoms with E-state index in [9.17, 15) is 0 Å². The van der Waals surface area contributed by atoms with Crippen molar-refractivity contribution in [2.45, 2.75) is 12.5 Å². The van der Waals surface area contributed by atoms with Crippen LogP contribution in [0.1, 0.15) is 17.2 Å². The molecule has 0 amide bonds. The molecule has 2 aromatic carbocycles. The number of rotatable bonds is 3. The molecule has 0 bridgehead atoms. The van der Waals surface area contributed by atoms with Crippen LogP contribution in [0.5, 0.6) is 0 Å². The van der Waals surface area contributed by atoms with Crippen LogP contribution in [0.4, 0.5) is 0 Å². The Morgan fingerprint density at radius 1 is 1.00 bits per heavy atom. The Bertz CT molecular complexity index is 781. The summed E-state index contributed by atoms with van der Waals surface area (Å²) < 4.78 is 0. The van der Waals surface area contributed by atoms with E-state index in [0.29, 0.717) is 16.5 Å². The first-order valence-corrected chi connectivity index (χ1v) is 7.44. The van der Waals surface area contributed by atoms with E-state index in [-0.39, 0.29) is 6.04 Å². The van der Waals surface area contributed by atoms with E-state index in [1.807, 2.05) is 42.5 Å². The number of hydrogen-bond acceptors (Lipinski definition) is 2. The molecule has 2 N–H and O–H groups in total. The molecule has 0 radical (unpaired) electrons. The summed E-state index contributed by atoms with van der Waals surface area (Å²) in [5.41, 5.74) is 9.49. The molecule has 0 aliphatic heterocycles. The molecule has 3 rings (SSSR count). The van der Waals surface area contributed by atoms with Crippen molar-refractivity contribution in [3.8, 4) is 0 Å². The van der Waals surface area contributed by atoms with Gasteiger partial charge in [-0.25, -0.2) is 0 Å². The minimum absolute atomic E-state index is 0.116. The third kappa shape index (κ3) is 3.03. The van der Waals surface area contributed by atoms with Gasteiger partial charge in [-0.05, 0) is 41.8 Å². The van der Waals surface area contributed by atoms with Crippen molar-refractivity contribution < 1.29 is 0 Å². The molecule has 0 aliphatic rings. The van der Waals surface area contributed by atoms with Crippen LogP contribution in [-0.2, 0) is 6.42 Å². The predicted octanol–water partition coefficient (Wildman–Crippen LogP) is 4.78. The van der Waals surface area contributed by atoms with Gasteiger partial charge in [0.1, 0.15) is 0 Å². The van der Waals surface area contributed by atoms with Gasteiger partial charge >= 0.3 is 0 Å². The molecule has 0 spiro atoms. The van der Waals surface area contributed by atoms with Gasteiger partial charge in [0, 0.05) is 17.6 Å². The predicted molar refractivity (Wildman–Crippen MR) is 88.8 cm³/mol. The summed E-state index contributed by atoms with van der Waals surface area (Å²) in [5.74, 6) is 0. The first-order chi connectivity index (χ1) is 10.1. The van der Waals surface area contributed by atoms with Crippen LogP contribution in [0.15, 0.2) is 54.7 Å². The minimum Gasteiger partial charge on any atom is -0.324 e. The van der Waals surface area contributed by atoms with Crippen molar-refractivity contribution in [1.29, 1.82) is 0 Å². The third-order valence-corrected chi connectivity index (χ3v) is 4.26. The second-order valence-corrected chi connectivity index (χ2v) is 5.79. The van der Waals surface area contributed by atoms with Crippen LogP contribution >= 0.6 is 23.2 Å². The van der Waals surface area contributed by atoms with Gasteiger partial charge < -0.3 is 5.73 Å². The molecular formula is C17H14Cl2N2. The quantitative estimate of drug-likeness (QED) is 0.755. The molecule has 0 saturated heterocycles. The van der Waals surface area contributed by atoms with Gasteiger partial charge in [-0.2, -0.15) is 0 Å². The van der Waals surface area contributed by atoms with Crippen molar-refractivity contribution in [1.82, 2.24) is 4.98 Å². The van der Waals surface area contributed by atoms with E-state index in [1.54, 1.807) is 12.3 Å². The van der Waals surface area contributed by atoms with Gasteiger partial charge in [0.2, 0.25) is 0 Å². The maximum Gasteiger partial charge on any atom is 0.0705 e. The molecule has 3 aromatic rings. The normalized spacial score (nSPS) is 12.5. The highest BCUT2D eigenvalue weighted by Gasteiger charge is 2.11. The molecule has 2 nitrogen and oxygen atoms in total. The maximum atomic E-state index is 6.38. The lowest BCUT2D eigenvalue weighted by molar-refractivity contribution is 0.728. The van der Waals surface area contributed by atoms with E-state index >= 15 is 0 Å². The molecular weight excluding hydrogens is 303 g/mol. The highest BCUT2D eigenvalue weighted by atomic mass is 35.5. The van der Waals surface area contributed by atoms with Gasteiger partial charge in [0.25, 0.3) is 0 Å². The van der Waals surface area contributed by atoms with E-state index in [4.69, 9.17) is 28.9 Å². The molecule has 0 fully saturated rings. The van der Waals surface area contributed by atoms with Crippen molar-refractivity contribution in [3.05, 3.63) is 75.9 Å². The molecule has 106 valence electrons. The Morgan fingerprint density at radius 3 is 2.67 bits per heavy atom. The number of aromatic nitrogens is 1.